The Bertz CT molecular complexity index is 752. The molecule has 96 valence electrons. The number of nitrogens with zero attached hydrogens (tertiary/aromatic N) is 1. The number of hydrogen-bond donors (Lipinski definition) is 2. The number of aryl methyl sites for hydroxylation is 1. The maximum absolute atomic E-state index is 13.7. The molecule has 0 spiro atoms. The van der Waals surface area contributed by atoms with Crippen molar-refractivity contribution in [1.82, 2.24) is 4.98 Å². The number of benzene rings is 2. The number of nitrogens with two attached hydrogens (primary N) is 1. The van der Waals surface area contributed by atoms with Crippen molar-refractivity contribution in [3.63, 3.8) is 0 Å². The molecule has 19 heavy (non-hydrogen) atoms. The Balaban J connectivity index is 1.96. The van der Waals surface area contributed by atoms with Gasteiger partial charge in [0, 0.05) is 5.69 Å². The average Bonchev–Trinajstić information content (AvgIpc) is 2.74. The second kappa shape index (κ2) is 4.28. The van der Waals surface area contributed by atoms with Crippen molar-refractivity contribution in [1.29, 1.82) is 0 Å². The number of nitrogens with one attached hydrogen (secondary N) is 1. The normalized spacial score (nSPS) is 10.8. The van der Waals surface area contributed by atoms with Gasteiger partial charge >= 0.3 is 0 Å². The Morgan fingerprint density at radius 1 is 1.21 bits per heavy atom. The van der Waals surface area contributed by atoms with E-state index in [1.165, 1.54) is 6.07 Å². The maximum Gasteiger partial charge on any atom is 0.300 e. The highest BCUT2D eigenvalue weighted by molar-refractivity contribution is 5.78. The molecule has 3 N–H and O–H groups in total. The lowest BCUT2D eigenvalue weighted by Gasteiger charge is -2.03. The van der Waals surface area contributed by atoms with E-state index >= 15 is 0 Å². The number of aromatic nitrogens is 1. The number of halogens is 1. The fourth-order valence-electron chi connectivity index (χ4n) is 1.83. The van der Waals surface area contributed by atoms with E-state index in [1.54, 1.807) is 24.3 Å². The number of fused-ring (bicyclic) bond motifs is 1. The molecule has 1 aromatic heterocycles. The number of oxazole rings is 1. The van der Waals surface area contributed by atoms with Gasteiger partial charge in [0.1, 0.15) is 11.3 Å². The molecule has 4 nitrogen and oxygen atoms in total. The van der Waals surface area contributed by atoms with Gasteiger partial charge in [0.15, 0.2) is 5.58 Å². The molecule has 1 heterocycles. The summed E-state index contributed by atoms with van der Waals surface area (Å²) in [6.07, 6.45) is 0. The first-order chi connectivity index (χ1) is 9.11. The third kappa shape index (κ3) is 2.22. The molecule has 3 aromatic rings. The maximum atomic E-state index is 13.7. The number of nitrogen functional groups attached to an aromatic ring is 1. The summed E-state index contributed by atoms with van der Waals surface area (Å²) in [5.74, 6) is -0.346. The summed E-state index contributed by atoms with van der Waals surface area (Å²) in [5, 5.41) is 2.81. The van der Waals surface area contributed by atoms with Crippen molar-refractivity contribution in [2.75, 3.05) is 11.1 Å². The zero-order valence-electron chi connectivity index (χ0n) is 10.3. The SMILES string of the molecule is Cc1ccc(Nc2nc3cc(N)ccc3o2)c(F)c1. The van der Waals surface area contributed by atoms with Crippen LogP contribution in [0, 0.1) is 12.7 Å². The van der Waals surface area contributed by atoms with Crippen molar-refractivity contribution in [3.05, 3.63) is 47.8 Å². The molecule has 0 aliphatic heterocycles. The molecule has 0 saturated carbocycles. The first-order valence-corrected chi connectivity index (χ1v) is 5.81. The van der Waals surface area contributed by atoms with Crippen LogP contribution >= 0.6 is 0 Å². The standard InChI is InChI=1S/C14H12FN3O/c1-8-2-4-11(10(15)6-8)17-14-18-12-7-9(16)3-5-13(12)19-14/h2-7H,16H2,1H3,(H,17,18). The molecule has 0 unspecified atom stereocenters. The molecular formula is C14H12FN3O. The van der Waals surface area contributed by atoms with Crippen molar-refractivity contribution < 1.29 is 8.81 Å². The Morgan fingerprint density at radius 2 is 2.05 bits per heavy atom. The highest BCUT2D eigenvalue weighted by Crippen LogP contribution is 2.25. The van der Waals surface area contributed by atoms with Crippen LogP contribution in [0.25, 0.3) is 11.1 Å². The molecule has 0 fully saturated rings. The van der Waals surface area contributed by atoms with E-state index in [0.29, 0.717) is 22.5 Å². The predicted octanol–water partition coefficient (Wildman–Crippen LogP) is 3.60. The quantitative estimate of drug-likeness (QED) is 0.688. The van der Waals surface area contributed by atoms with Crippen LogP contribution in [-0.2, 0) is 0 Å². The van der Waals surface area contributed by atoms with Gasteiger partial charge in [-0.3, -0.25) is 0 Å². The minimum absolute atomic E-state index is 0.239. The summed E-state index contributed by atoms with van der Waals surface area (Å²) in [4.78, 5) is 4.21. The molecule has 2 aromatic carbocycles. The molecule has 5 heteroatoms. The summed E-state index contributed by atoms with van der Waals surface area (Å²) in [7, 11) is 0. The van der Waals surface area contributed by atoms with Crippen molar-refractivity contribution in [3.8, 4) is 0 Å². The predicted molar refractivity (Wildman–Crippen MR) is 72.8 cm³/mol. The minimum Gasteiger partial charge on any atom is -0.423 e. The van der Waals surface area contributed by atoms with E-state index in [-0.39, 0.29) is 11.8 Å². The van der Waals surface area contributed by atoms with Gasteiger partial charge in [-0.2, -0.15) is 4.98 Å². The fraction of sp³-hybridized carbons (Fsp3) is 0.0714. The summed E-state index contributed by atoms with van der Waals surface area (Å²) in [6.45, 7) is 1.83. The summed E-state index contributed by atoms with van der Waals surface area (Å²) < 4.78 is 19.2. The summed E-state index contributed by atoms with van der Waals surface area (Å²) >= 11 is 0. The van der Waals surface area contributed by atoms with E-state index in [2.05, 4.69) is 10.3 Å². The van der Waals surface area contributed by atoms with E-state index in [4.69, 9.17) is 10.2 Å². The van der Waals surface area contributed by atoms with Gasteiger partial charge < -0.3 is 15.5 Å². The van der Waals surface area contributed by atoms with E-state index in [1.807, 2.05) is 13.0 Å². The average molecular weight is 257 g/mol. The zero-order valence-corrected chi connectivity index (χ0v) is 10.3. The molecule has 3 rings (SSSR count). The van der Waals surface area contributed by atoms with E-state index in [0.717, 1.165) is 5.56 Å². The first kappa shape index (κ1) is 11.5. The largest absolute Gasteiger partial charge is 0.423 e. The van der Waals surface area contributed by atoms with Gasteiger partial charge in [-0.15, -0.1) is 0 Å². The topological polar surface area (TPSA) is 64.1 Å². The van der Waals surface area contributed by atoms with Crippen LogP contribution in [0.4, 0.5) is 21.8 Å². The summed E-state index contributed by atoms with van der Waals surface area (Å²) in [6, 6.07) is 10.3. The Kier molecular flexibility index (Phi) is 2.59. The van der Waals surface area contributed by atoms with Crippen molar-refractivity contribution in [2.45, 2.75) is 6.92 Å². The van der Waals surface area contributed by atoms with Crippen molar-refractivity contribution >= 4 is 28.5 Å². The van der Waals surface area contributed by atoms with Gasteiger partial charge in [0.2, 0.25) is 0 Å². The Labute approximate surface area is 109 Å². The molecule has 0 bridgehead atoms. The Morgan fingerprint density at radius 3 is 2.84 bits per heavy atom. The molecule has 0 radical (unpaired) electrons. The molecule has 0 aliphatic rings. The van der Waals surface area contributed by atoms with Gasteiger partial charge in [-0.05, 0) is 42.8 Å². The van der Waals surface area contributed by atoms with Crippen LogP contribution in [0.5, 0.6) is 0 Å². The number of rotatable bonds is 2. The molecule has 0 saturated heterocycles. The lowest BCUT2D eigenvalue weighted by Crippen LogP contribution is -1.94. The zero-order chi connectivity index (χ0) is 13.4. The van der Waals surface area contributed by atoms with Gasteiger partial charge in [0.05, 0.1) is 5.69 Å². The molecule has 0 atom stereocenters. The van der Waals surface area contributed by atoms with Crippen LogP contribution in [0.1, 0.15) is 5.56 Å². The van der Waals surface area contributed by atoms with E-state index in [9.17, 15) is 4.39 Å². The third-order valence-electron chi connectivity index (χ3n) is 2.78. The lowest BCUT2D eigenvalue weighted by atomic mass is 10.2. The Hall–Kier alpha value is -2.56. The molecule has 0 aliphatic carbocycles. The van der Waals surface area contributed by atoms with Gasteiger partial charge in [-0.25, -0.2) is 4.39 Å². The molecular weight excluding hydrogens is 245 g/mol. The highest BCUT2D eigenvalue weighted by Gasteiger charge is 2.08. The second-order valence-electron chi connectivity index (χ2n) is 4.35. The number of anilines is 3. The van der Waals surface area contributed by atoms with Crippen LogP contribution in [0.15, 0.2) is 40.8 Å². The lowest BCUT2D eigenvalue weighted by molar-refractivity contribution is 0.611. The van der Waals surface area contributed by atoms with Gasteiger partial charge in [-0.1, -0.05) is 6.07 Å². The third-order valence-corrected chi connectivity index (χ3v) is 2.78. The molecule has 0 amide bonds. The van der Waals surface area contributed by atoms with Crippen molar-refractivity contribution in [2.24, 2.45) is 0 Å². The second-order valence-corrected chi connectivity index (χ2v) is 4.35. The van der Waals surface area contributed by atoms with Crippen LogP contribution < -0.4 is 11.1 Å². The van der Waals surface area contributed by atoms with Crippen LogP contribution in [-0.4, -0.2) is 4.98 Å². The van der Waals surface area contributed by atoms with E-state index < -0.39 is 0 Å². The van der Waals surface area contributed by atoms with Crippen LogP contribution in [0.2, 0.25) is 0 Å². The monoisotopic (exact) mass is 257 g/mol. The summed E-state index contributed by atoms with van der Waals surface area (Å²) in [5.41, 5.74) is 8.68. The smallest absolute Gasteiger partial charge is 0.300 e. The van der Waals surface area contributed by atoms with Crippen LogP contribution in [0.3, 0.4) is 0 Å². The van der Waals surface area contributed by atoms with Gasteiger partial charge in [0.25, 0.3) is 6.01 Å². The first-order valence-electron chi connectivity index (χ1n) is 5.81. The fourth-order valence-corrected chi connectivity index (χ4v) is 1.83. The highest BCUT2D eigenvalue weighted by atomic mass is 19.1. The minimum atomic E-state index is -0.346. The number of hydrogen-bond acceptors (Lipinski definition) is 4.